The van der Waals surface area contributed by atoms with Gasteiger partial charge in [0.05, 0.1) is 10.0 Å². The molecule has 3 N–H and O–H groups in total. The van der Waals surface area contributed by atoms with Crippen molar-refractivity contribution >= 4 is 23.2 Å². The summed E-state index contributed by atoms with van der Waals surface area (Å²) in [6, 6.07) is 5.44. The Bertz CT molecular complexity index is 350. The maximum Gasteiger partial charge on any atom is 0.107 e. The molecule has 0 bridgehead atoms. The van der Waals surface area contributed by atoms with E-state index in [1.54, 1.807) is 12.1 Å². The fourth-order valence-electron chi connectivity index (χ4n) is 1.28. The Morgan fingerprint density at radius 1 is 1.33 bits per heavy atom. The SMILES string of the molecule is CC(C)(Cc1ccc(Cl)c(Cl)c1)C(N)O. The van der Waals surface area contributed by atoms with Gasteiger partial charge in [0.25, 0.3) is 0 Å². The van der Waals surface area contributed by atoms with E-state index in [2.05, 4.69) is 0 Å². The Kier molecular flexibility index (Phi) is 4.01. The number of benzene rings is 1. The average Bonchev–Trinajstić information content (AvgIpc) is 2.10. The van der Waals surface area contributed by atoms with Gasteiger partial charge < -0.3 is 10.8 Å². The Balaban J connectivity index is 2.86. The highest BCUT2D eigenvalue weighted by Gasteiger charge is 2.25. The fraction of sp³-hybridized carbons (Fsp3) is 0.455. The van der Waals surface area contributed by atoms with Crippen LogP contribution in [0.3, 0.4) is 0 Å². The topological polar surface area (TPSA) is 46.2 Å². The Morgan fingerprint density at radius 3 is 2.40 bits per heavy atom. The van der Waals surface area contributed by atoms with Crippen LogP contribution in [0.4, 0.5) is 0 Å². The molecule has 0 aliphatic rings. The molecule has 0 aromatic heterocycles. The minimum absolute atomic E-state index is 0.378. The molecule has 1 aromatic carbocycles. The van der Waals surface area contributed by atoms with Crippen LogP contribution in [0, 0.1) is 5.41 Å². The largest absolute Gasteiger partial charge is 0.378 e. The van der Waals surface area contributed by atoms with Gasteiger partial charge in [-0.2, -0.15) is 0 Å². The number of hydrogen-bond donors (Lipinski definition) is 2. The summed E-state index contributed by atoms with van der Waals surface area (Å²) in [7, 11) is 0. The van der Waals surface area contributed by atoms with E-state index in [0.29, 0.717) is 16.5 Å². The Morgan fingerprint density at radius 2 is 1.93 bits per heavy atom. The molecular formula is C11H15Cl2NO. The van der Waals surface area contributed by atoms with Crippen molar-refractivity contribution in [2.45, 2.75) is 26.5 Å². The number of halogens is 2. The second kappa shape index (κ2) is 4.71. The zero-order valence-corrected chi connectivity index (χ0v) is 10.3. The lowest BCUT2D eigenvalue weighted by atomic mass is 9.84. The summed E-state index contributed by atoms with van der Waals surface area (Å²) in [5.41, 5.74) is 6.12. The number of rotatable bonds is 3. The van der Waals surface area contributed by atoms with Crippen LogP contribution in [0.1, 0.15) is 19.4 Å². The van der Waals surface area contributed by atoms with Crippen molar-refractivity contribution in [1.82, 2.24) is 0 Å². The third-order valence-electron chi connectivity index (χ3n) is 2.44. The first-order valence-electron chi connectivity index (χ1n) is 4.70. The van der Waals surface area contributed by atoms with Crippen LogP contribution < -0.4 is 5.73 Å². The van der Waals surface area contributed by atoms with Crippen molar-refractivity contribution in [1.29, 1.82) is 0 Å². The van der Waals surface area contributed by atoms with Crippen LogP contribution >= 0.6 is 23.2 Å². The molecule has 84 valence electrons. The molecule has 0 saturated heterocycles. The monoisotopic (exact) mass is 247 g/mol. The van der Waals surface area contributed by atoms with E-state index in [0.717, 1.165) is 5.56 Å². The summed E-state index contributed by atoms with van der Waals surface area (Å²) < 4.78 is 0. The van der Waals surface area contributed by atoms with Crippen molar-refractivity contribution in [2.75, 3.05) is 0 Å². The molecule has 2 nitrogen and oxygen atoms in total. The minimum Gasteiger partial charge on any atom is -0.378 e. The molecule has 0 aliphatic heterocycles. The van der Waals surface area contributed by atoms with Gasteiger partial charge in [-0.25, -0.2) is 0 Å². The fourth-order valence-corrected chi connectivity index (χ4v) is 1.60. The number of aliphatic hydroxyl groups excluding tert-OH is 1. The lowest BCUT2D eigenvalue weighted by Crippen LogP contribution is -2.38. The van der Waals surface area contributed by atoms with E-state index < -0.39 is 6.23 Å². The van der Waals surface area contributed by atoms with Gasteiger partial charge in [-0.1, -0.05) is 43.1 Å². The molecule has 0 saturated carbocycles. The smallest absolute Gasteiger partial charge is 0.107 e. The van der Waals surface area contributed by atoms with Crippen LogP contribution in [-0.2, 0) is 6.42 Å². The van der Waals surface area contributed by atoms with Crippen LogP contribution in [0.5, 0.6) is 0 Å². The van der Waals surface area contributed by atoms with E-state index in [9.17, 15) is 5.11 Å². The van der Waals surface area contributed by atoms with Crippen LogP contribution in [0.15, 0.2) is 18.2 Å². The molecule has 0 heterocycles. The summed E-state index contributed by atoms with van der Waals surface area (Å²) in [6.07, 6.45) is -0.200. The minimum atomic E-state index is -0.855. The molecule has 1 unspecified atom stereocenters. The van der Waals surface area contributed by atoms with E-state index in [-0.39, 0.29) is 5.41 Å². The van der Waals surface area contributed by atoms with Crippen LogP contribution in [0.2, 0.25) is 10.0 Å². The molecule has 1 aromatic rings. The normalized spacial score (nSPS) is 14.0. The molecule has 0 radical (unpaired) electrons. The second-order valence-corrected chi connectivity index (χ2v) is 5.17. The Labute approximate surface area is 100.0 Å². The standard InChI is InChI=1S/C11H15Cl2NO/c1-11(2,10(14)15)6-7-3-4-8(12)9(13)5-7/h3-5,10,15H,6,14H2,1-2H3. The number of nitrogens with two attached hydrogens (primary N) is 1. The maximum absolute atomic E-state index is 9.38. The molecule has 4 heteroatoms. The first-order chi connectivity index (χ1) is 6.83. The van der Waals surface area contributed by atoms with Gasteiger partial charge in [-0.15, -0.1) is 0 Å². The summed E-state index contributed by atoms with van der Waals surface area (Å²) in [4.78, 5) is 0. The summed E-state index contributed by atoms with van der Waals surface area (Å²) in [5, 5.41) is 10.4. The highest BCUT2D eigenvalue weighted by atomic mass is 35.5. The summed E-state index contributed by atoms with van der Waals surface area (Å²) in [5.74, 6) is 0. The van der Waals surface area contributed by atoms with Gasteiger partial charge in [0, 0.05) is 5.41 Å². The van der Waals surface area contributed by atoms with E-state index >= 15 is 0 Å². The lowest BCUT2D eigenvalue weighted by molar-refractivity contribution is 0.0561. The van der Waals surface area contributed by atoms with Gasteiger partial charge in [0.2, 0.25) is 0 Å². The molecule has 1 atom stereocenters. The van der Waals surface area contributed by atoms with Gasteiger partial charge >= 0.3 is 0 Å². The van der Waals surface area contributed by atoms with Gasteiger partial charge in [-0.05, 0) is 24.1 Å². The van der Waals surface area contributed by atoms with E-state index in [1.807, 2.05) is 19.9 Å². The van der Waals surface area contributed by atoms with Gasteiger partial charge in [0.15, 0.2) is 0 Å². The number of aliphatic hydroxyl groups is 1. The summed E-state index contributed by atoms with van der Waals surface area (Å²) in [6.45, 7) is 3.81. The first kappa shape index (κ1) is 12.8. The molecular weight excluding hydrogens is 233 g/mol. The first-order valence-corrected chi connectivity index (χ1v) is 5.46. The molecule has 0 spiro atoms. The Hall–Kier alpha value is -0.280. The predicted molar refractivity (Wildman–Crippen MR) is 64.1 cm³/mol. The predicted octanol–water partition coefficient (Wildman–Crippen LogP) is 2.84. The highest BCUT2D eigenvalue weighted by molar-refractivity contribution is 6.42. The maximum atomic E-state index is 9.38. The van der Waals surface area contributed by atoms with Crippen molar-refractivity contribution in [3.63, 3.8) is 0 Å². The number of hydrogen-bond acceptors (Lipinski definition) is 2. The summed E-state index contributed by atoms with van der Waals surface area (Å²) >= 11 is 11.7. The average molecular weight is 248 g/mol. The zero-order chi connectivity index (χ0) is 11.6. The van der Waals surface area contributed by atoms with E-state index in [1.165, 1.54) is 0 Å². The van der Waals surface area contributed by atoms with Gasteiger partial charge in [-0.3, -0.25) is 0 Å². The molecule has 1 rings (SSSR count). The zero-order valence-electron chi connectivity index (χ0n) is 8.80. The van der Waals surface area contributed by atoms with Crippen LogP contribution in [-0.4, -0.2) is 11.3 Å². The third kappa shape index (κ3) is 3.35. The molecule has 0 aliphatic carbocycles. The third-order valence-corrected chi connectivity index (χ3v) is 3.18. The lowest BCUT2D eigenvalue weighted by Gasteiger charge is -2.27. The van der Waals surface area contributed by atoms with Crippen molar-refractivity contribution in [2.24, 2.45) is 11.1 Å². The van der Waals surface area contributed by atoms with Crippen molar-refractivity contribution in [3.8, 4) is 0 Å². The van der Waals surface area contributed by atoms with Crippen molar-refractivity contribution in [3.05, 3.63) is 33.8 Å². The molecule has 15 heavy (non-hydrogen) atoms. The van der Waals surface area contributed by atoms with Crippen LogP contribution in [0.25, 0.3) is 0 Å². The highest BCUT2D eigenvalue weighted by Crippen LogP contribution is 2.28. The quantitative estimate of drug-likeness (QED) is 0.808. The molecule has 0 fully saturated rings. The second-order valence-electron chi connectivity index (χ2n) is 4.36. The molecule has 0 amide bonds. The van der Waals surface area contributed by atoms with E-state index in [4.69, 9.17) is 28.9 Å². The van der Waals surface area contributed by atoms with Gasteiger partial charge in [0.1, 0.15) is 6.23 Å². The van der Waals surface area contributed by atoms with Crippen molar-refractivity contribution < 1.29 is 5.11 Å².